The minimum absolute atomic E-state index is 0. The fourth-order valence-electron chi connectivity index (χ4n) is 0.424. The second-order valence-electron chi connectivity index (χ2n) is 2.60. The van der Waals surface area contributed by atoms with E-state index < -0.39 is 33.8 Å². The first kappa shape index (κ1) is 21.1. The Bertz CT molecular complexity index is 414. The summed E-state index contributed by atoms with van der Waals surface area (Å²) in [5.41, 5.74) is 0. The Kier molecular flexibility index (Phi) is 5.92. The van der Waals surface area contributed by atoms with E-state index in [1.54, 1.807) is 0 Å². The summed E-state index contributed by atoms with van der Waals surface area (Å²) < 4.78 is 137. The largest absolute Gasteiger partial charge is 1.00 e. The summed E-state index contributed by atoms with van der Waals surface area (Å²) in [6.07, 6.45) is -20.5. The molecular formula is C4F9LiO4S. The van der Waals surface area contributed by atoms with Crippen molar-refractivity contribution in [2.24, 2.45) is 0 Å². The van der Waals surface area contributed by atoms with Gasteiger partial charge in [0, 0.05) is 0 Å². The van der Waals surface area contributed by atoms with Gasteiger partial charge in [-0.2, -0.15) is 39.5 Å². The molecule has 0 bridgehead atoms. The van der Waals surface area contributed by atoms with Gasteiger partial charge in [0.15, 0.2) is 10.1 Å². The summed E-state index contributed by atoms with van der Waals surface area (Å²) in [4.78, 5) is 0. The predicted molar refractivity (Wildman–Crippen MR) is 31.7 cm³/mol. The standard InChI is InChI=1S/C4HF9O4S.Li/c5-1(6,7)2(8,9)17-3(10,11)4(12,13)18(14,15)16;/h(H,14,15,16);/q;+1/p-1. The van der Waals surface area contributed by atoms with Crippen molar-refractivity contribution in [2.75, 3.05) is 0 Å². The normalized spacial score (nSPS) is 15.1. The number of rotatable bonds is 4. The molecule has 0 aliphatic heterocycles. The first-order valence-electron chi connectivity index (χ1n) is 3.31. The number of hydrogen-bond donors (Lipinski definition) is 0. The zero-order valence-corrected chi connectivity index (χ0v) is 9.26. The Balaban J connectivity index is 0. The van der Waals surface area contributed by atoms with Gasteiger partial charge >= 0.3 is 42.5 Å². The van der Waals surface area contributed by atoms with Gasteiger partial charge in [-0.1, -0.05) is 0 Å². The molecule has 0 radical (unpaired) electrons. The van der Waals surface area contributed by atoms with Crippen molar-refractivity contribution in [3.63, 3.8) is 0 Å². The average Bonchev–Trinajstić information content (AvgIpc) is 1.96. The smallest absolute Gasteiger partial charge is 0.743 e. The summed E-state index contributed by atoms with van der Waals surface area (Å²) in [6.45, 7) is 0. The molecule has 0 aromatic heterocycles. The van der Waals surface area contributed by atoms with Gasteiger partial charge in [0.2, 0.25) is 0 Å². The Labute approximate surface area is 110 Å². The van der Waals surface area contributed by atoms with E-state index in [0.29, 0.717) is 0 Å². The molecule has 0 N–H and O–H groups in total. The van der Waals surface area contributed by atoms with E-state index in [1.165, 1.54) is 4.74 Å². The number of ether oxygens (including phenoxy) is 1. The van der Waals surface area contributed by atoms with Crippen molar-refractivity contribution in [1.29, 1.82) is 0 Å². The zero-order valence-electron chi connectivity index (χ0n) is 8.44. The molecule has 0 saturated heterocycles. The molecule has 0 spiro atoms. The van der Waals surface area contributed by atoms with Gasteiger partial charge in [0.1, 0.15) is 0 Å². The SMILES string of the molecule is O=S(=O)([O-])C(F)(F)C(F)(F)OC(F)(F)C(F)(F)F.[Li+]. The van der Waals surface area contributed by atoms with Crippen LogP contribution in [0.25, 0.3) is 0 Å². The van der Waals surface area contributed by atoms with Crippen LogP contribution in [0.5, 0.6) is 0 Å². The zero-order chi connectivity index (χ0) is 15.2. The molecule has 0 heterocycles. The van der Waals surface area contributed by atoms with E-state index >= 15 is 0 Å². The minimum Gasteiger partial charge on any atom is -0.743 e. The van der Waals surface area contributed by atoms with Crippen molar-refractivity contribution in [3.05, 3.63) is 0 Å². The van der Waals surface area contributed by atoms with Crippen LogP contribution in [0.4, 0.5) is 39.5 Å². The molecule has 0 aromatic carbocycles. The van der Waals surface area contributed by atoms with Crippen LogP contribution in [0.1, 0.15) is 0 Å². The van der Waals surface area contributed by atoms with Crippen LogP contribution >= 0.6 is 0 Å². The second-order valence-corrected chi connectivity index (χ2v) is 4.03. The molecule has 15 heteroatoms. The van der Waals surface area contributed by atoms with Crippen LogP contribution in [0, 0.1) is 0 Å². The summed E-state index contributed by atoms with van der Waals surface area (Å²) >= 11 is 0. The van der Waals surface area contributed by atoms with Gasteiger partial charge in [0.25, 0.3) is 0 Å². The third-order valence-electron chi connectivity index (χ3n) is 1.24. The van der Waals surface area contributed by atoms with Crippen molar-refractivity contribution in [3.8, 4) is 0 Å². The number of hydrogen-bond acceptors (Lipinski definition) is 4. The summed E-state index contributed by atoms with van der Waals surface area (Å²) in [5, 5.41) is -6.81. The fraction of sp³-hybridized carbons (Fsp3) is 1.00. The molecule has 4 nitrogen and oxygen atoms in total. The van der Waals surface area contributed by atoms with E-state index in [1.807, 2.05) is 0 Å². The van der Waals surface area contributed by atoms with Crippen LogP contribution in [0.15, 0.2) is 0 Å². The predicted octanol–water partition coefficient (Wildman–Crippen LogP) is -1.11. The molecule has 0 fully saturated rings. The van der Waals surface area contributed by atoms with E-state index in [4.69, 9.17) is 0 Å². The number of halogens is 9. The Morgan fingerprint density at radius 2 is 1.11 bits per heavy atom. The molecule has 0 aliphatic carbocycles. The first-order chi connectivity index (χ1) is 7.46. The number of alkyl halides is 9. The molecule has 0 unspecified atom stereocenters. The van der Waals surface area contributed by atoms with Crippen LogP contribution in [-0.4, -0.2) is 36.6 Å². The molecule has 19 heavy (non-hydrogen) atoms. The minimum atomic E-state index is -7.24. The average molecular weight is 322 g/mol. The van der Waals surface area contributed by atoms with E-state index in [2.05, 4.69) is 0 Å². The summed E-state index contributed by atoms with van der Waals surface area (Å²) in [7, 11) is -7.24. The van der Waals surface area contributed by atoms with Crippen LogP contribution in [0.2, 0.25) is 0 Å². The topological polar surface area (TPSA) is 66.4 Å². The van der Waals surface area contributed by atoms with E-state index in [-0.39, 0.29) is 18.9 Å². The van der Waals surface area contributed by atoms with Crippen LogP contribution in [-0.2, 0) is 14.9 Å². The van der Waals surface area contributed by atoms with Crippen LogP contribution < -0.4 is 18.9 Å². The van der Waals surface area contributed by atoms with Crippen molar-refractivity contribution >= 4 is 10.1 Å². The van der Waals surface area contributed by atoms with Gasteiger partial charge in [-0.3, -0.25) is 0 Å². The first-order valence-corrected chi connectivity index (χ1v) is 4.72. The van der Waals surface area contributed by atoms with Crippen molar-refractivity contribution in [2.45, 2.75) is 23.6 Å². The molecule has 0 aromatic rings. The third-order valence-corrected chi connectivity index (χ3v) is 2.10. The Morgan fingerprint density at radius 1 is 0.789 bits per heavy atom. The second kappa shape index (κ2) is 5.32. The Morgan fingerprint density at radius 3 is 1.32 bits per heavy atom. The Hall–Kier alpha value is -0.163. The summed E-state index contributed by atoms with van der Waals surface area (Å²) in [5.74, 6) is 0. The molecule has 0 rings (SSSR count). The van der Waals surface area contributed by atoms with Gasteiger partial charge < -0.3 is 4.55 Å². The molecule has 0 atom stereocenters. The van der Waals surface area contributed by atoms with Crippen molar-refractivity contribution < 1.29 is 76.1 Å². The molecule has 0 saturated carbocycles. The fourth-order valence-corrected chi connectivity index (χ4v) is 0.756. The van der Waals surface area contributed by atoms with Gasteiger partial charge in [-0.25, -0.2) is 13.2 Å². The van der Waals surface area contributed by atoms with E-state index in [9.17, 15) is 52.5 Å². The van der Waals surface area contributed by atoms with Crippen molar-refractivity contribution in [1.82, 2.24) is 0 Å². The quantitative estimate of drug-likeness (QED) is 0.374. The summed E-state index contributed by atoms with van der Waals surface area (Å²) in [6, 6.07) is 0. The molecule has 0 aliphatic rings. The molecular weight excluding hydrogens is 322 g/mol. The third kappa shape index (κ3) is 4.15. The van der Waals surface area contributed by atoms with Gasteiger partial charge in [-0.15, -0.1) is 0 Å². The van der Waals surface area contributed by atoms with Gasteiger partial charge in [0.05, 0.1) is 0 Å². The molecule has 110 valence electrons. The maximum absolute atomic E-state index is 12.2. The maximum Gasteiger partial charge on any atom is 1.00 e. The monoisotopic (exact) mass is 322 g/mol. The van der Waals surface area contributed by atoms with E-state index in [0.717, 1.165) is 0 Å². The van der Waals surface area contributed by atoms with Crippen LogP contribution in [0.3, 0.4) is 0 Å². The van der Waals surface area contributed by atoms with Gasteiger partial charge in [-0.05, 0) is 0 Å². The maximum atomic E-state index is 12.2. The molecule has 0 amide bonds.